The number of hydrogen-bond donors (Lipinski definition) is 2. The monoisotopic (exact) mass is 308 g/mol. The number of amides is 1. The molecule has 3 heterocycles. The summed E-state index contributed by atoms with van der Waals surface area (Å²) in [6, 6.07) is 8.74. The van der Waals surface area contributed by atoms with Crippen molar-refractivity contribution in [1.29, 1.82) is 0 Å². The lowest BCUT2D eigenvalue weighted by Crippen LogP contribution is -2.41. The SMILES string of the molecule is O=C(N[C@H]1CCc2nccn2C1)c1cc(=O)[nH]c2ccccc12. The van der Waals surface area contributed by atoms with Gasteiger partial charge >= 0.3 is 0 Å². The number of H-pyrrole nitrogens is 1. The molecule has 6 heteroatoms. The van der Waals surface area contributed by atoms with E-state index in [-0.39, 0.29) is 17.5 Å². The molecule has 1 aromatic carbocycles. The Morgan fingerprint density at radius 2 is 2.22 bits per heavy atom. The number of hydrogen-bond acceptors (Lipinski definition) is 3. The van der Waals surface area contributed by atoms with E-state index in [1.807, 2.05) is 24.4 Å². The largest absolute Gasteiger partial charge is 0.347 e. The van der Waals surface area contributed by atoms with Gasteiger partial charge in [0.25, 0.3) is 5.91 Å². The molecule has 1 aliphatic rings. The van der Waals surface area contributed by atoms with Crippen LogP contribution < -0.4 is 10.9 Å². The lowest BCUT2D eigenvalue weighted by Gasteiger charge is -2.24. The van der Waals surface area contributed by atoms with E-state index in [0.717, 1.165) is 24.1 Å². The molecule has 0 saturated heterocycles. The molecule has 6 nitrogen and oxygen atoms in total. The van der Waals surface area contributed by atoms with Crippen LogP contribution in [0.2, 0.25) is 0 Å². The van der Waals surface area contributed by atoms with Crippen LogP contribution >= 0.6 is 0 Å². The summed E-state index contributed by atoms with van der Waals surface area (Å²) < 4.78 is 2.06. The van der Waals surface area contributed by atoms with Crippen LogP contribution in [0, 0.1) is 0 Å². The number of aryl methyl sites for hydroxylation is 1. The van der Waals surface area contributed by atoms with Crippen LogP contribution in [0.5, 0.6) is 0 Å². The number of carbonyl (C=O) groups excluding carboxylic acids is 1. The molecule has 3 aromatic rings. The fraction of sp³-hybridized carbons (Fsp3) is 0.235. The molecule has 1 atom stereocenters. The Morgan fingerprint density at radius 3 is 3.13 bits per heavy atom. The van der Waals surface area contributed by atoms with Crippen molar-refractivity contribution in [2.24, 2.45) is 0 Å². The Balaban J connectivity index is 1.62. The summed E-state index contributed by atoms with van der Waals surface area (Å²) in [4.78, 5) is 31.5. The fourth-order valence-corrected chi connectivity index (χ4v) is 3.14. The van der Waals surface area contributed by atoms with Gasteiger partial charge in [-0.05, 0) is 12.5 Å². The van der Waals surface area contributed by atoms with Crippen molar-refractivity contribution in [1.82, 2.24) is 19.9 Å². The van der Waals surface area contributed by atoms with Gasteiger partial charge < -0.3 is 14.9 Å². The average Bonchev–Trinajstić information content (AvgIpc) is 3.01. The Hall–Kier alpha value is -2.89. The van der Waals surface area contributed by atoms with Crippen LogP contribution in [0.3, 0.4) is 0 Å². The second-order valence-electron chi connectivity index (χ2n) is 5.80. The molecule has 2 N–H and O–H groups in total. The van der Waals surface area contributed by atoms with Gasteiger partial charge in [-0.25, -0.2) is 4.98 Å². The highest BCUT2D eigenvalue weighted by Crippen LogP contribution is 2.17. The Bertz CT molecular complexity index is 941. The van der Waals surface area contributed by atoms with Gasteiger partial charge in [-0.15, -0.1) is 0 Å². The average molecular weight is 308 g/mol. The molecular weight excluding hydrogens is 292 g/mol. The van der Waals surface area contributed by atoms with E-state index in [1.165, 1.54) is 6.07 Å². The molecule has 0 unspecified atom stereocenters. The van der Waals surface area contributed by atoms with E-state index in [1.54, 1.807) is 12.3 Å². The number of aromatic amines is 1. The molecule has 2 aromatic heterocycles. The van der Waals surface area contributed by atoms with Crippen molar-refractivity contribution < 1.29 is 4.79 Å². The zero-order valence-electron chi connectivity index (χ0n) is 12.5. The van der Waals surface area contributed by atoms with Gasteiger partial charge in [-0.1, -0.05) is 18.2 Å². The Morgan fingerprint density at radius 1 is 1.35 bits per heavy atom. The maximum Gasteiger partial charge on any atom is 0.252 e. The number of nitrogens with zero attached hydrogens (tertiary/aromatic N) is 2. The van der Waals surface area contributed by atoms with E-state index in [4.69, 9.17) is 0 Å². The maximum atomic E-state index is 12.6. The lowest BCUT2D eigenvalue weighted by molar-refractivity contribution is 0.0929. The predicted octanol–water partition coefficient (Wildman–Crippen LogP) is 1.47. The third-order valence-electron chi connectivity index (χ3n) is 4.27. The van der Waals surface area contributed by atoms with E-state index < -0.39 is 0 Å². The van der Waals surface area contributed by atoms with Crippen molar-refractivity contribution in [3.8, 4) is 0 Å². The molecule has 0 bridgehead atoms. The van der Waals surface area contributed by atoms with Crippen molar-refractivity contribution in [3.63, 3.8) is 0 Å². The Labute approximate surface area is 132 Å². The molecule has 0 aliphatic carbocycles. The van der Waals surface area contributed by atoms with Crippen LogP contribution in [0.4, 0.5) is 0 Å². The summed E-state index contributed by atoms with van der Waals surface area (Å²) in [6.45, 7) is 0.711. The van der Waals surface area contributed by atoms with Gasteiger partial charge in [0, 0.05) is 48.4 Å². The molecule has 23 heavy (non-hydrogen) atoms. The van der Waals surface area contributed by atoms with Crippen molar-refractivity contribution in [2.75, 3.05) is 0 Å². The quantitative estimate of drug-likeness (QED) is 0.752. The molecule has 1 aliphatic heterocycles. The fourth-order valence-electron chi connectivity index (χ4n) is 3.14. The number of para-hydroxylation sites is 1. The van der Waals surface area contributed by atoms with Gasteiger partial charge in [0.1, 0.15) is 5.82 Å². The van der Waals surface area contributed by atoms with Crippen LogP contribution in [0.1, 0.15) is 22.6 Å². The zero-order valence-corrected chi connectivity index (χ0v) is 12.5. The number of benzene rings is 1. The normalized spacial score (nSPS) is 17.0. The number of pyridine rings is 1. The molecule has 0 radical (unpaired) electrons. The van der Waals surface area contributed by atoms with Crippen molar-refractivity contribution >= 4 is 16.8 Å². The third kappa shape index (κ3) is 2.52. The zero-order chi connectivity index (χ0) is 15.8. The number of carbonyl (C=O) groups is 1. The minimum absolute atomic E-state index is 0.0437. The molecule has 4 rings (SSSR count). The Kier molecular flexibility index (Phi) is 3.22. The lowest BCUT2D eigenvalue weighted by atomic mass is 10.0. The number of nitrogens with one attached hydrogen (secondary N) is 2. The molecule has 0 fully saturated rings. The van der Waals surface area contributed by atoms with Crippen molar-refractivity contribution in [3.05, 3.63) is 64.5 Å². The first-order chi connectivity index (χ1) is 11.2. The van der Waals surface area contributed by atoms with Gasteiger partial charge in [0.15, 0.2) is 0 Å². The van der Waals surface area contributed by atoms with Gasteiger partial charge in [-0.2, -0.15) is 0 Å². The highest BCUT2D eigenvalue weighted by atomic mass is 16.2. The molecule has 116 valence electrons. The summed E-state index contributed by atoms with van der Waals surface area (Å²) >= 11 is 0. The first kappa shape index (κ1) is 13.8. The van der Waals surface area contributed by atoms with E-state index in [2.05, 4.69) is 19.9 Å². The van der Waals surface area contributed by atoms with Crippen molar-refractivity contribution in [2.45, 2.75) is 25.4 Å². The van der Waals surface area contributed by atoms with Crippen LogP contribution in [0.25, 0.3) is 10.9 Å². The smallest absolute Gasteiger partial charge is 0.252 e. The number of fused-ring (bicyclic) bond motifs is 2. The van der Waals surface area contributed by atoms with Crippen LogP contribution in [-0.2, 0) is 13.0 Å². The summed E-state index contributed by atoms with van der Waals surface area (Å²) in [5.74, 6) is 0.845. The second kappa shape index (κ2) is 5.39. The van der Waals surface area contributed by atoms with Crippen LogP contribution in [-0.4, -0.2) is 26.5 Å². The molecule has 1 amide bonds. The topological polar surface area (TPSA) is 79.8 Å². The molecule has 0 saturated carbocycles. The highest BCUT2D eigenvalue weighted by Gasteiger charge is 2.21. The van der Waals surface area contributed by atoms with E-state index >= 15 is 0 Å². The minimum atomic E-state index is -0.269. The van der Waals surface area contributed by atoms with E-state index in [0.29, 0.717) is 17.6 Å². The summed E-state index contributed by atoms with van der Waals surface area (Å²) in [5, 5.41) is 3.80. The first-order valence-electron chi connectivity index (χ1n) is 7.63. The van der Waals surface area contributed by atoms with Gasteiger partial charge in [0.05, 0.1) is 5.56 Å². The predicted molar refractivity (Wildman–Crippen MR) is 86.4 cm³/mol. The number of rotatable bonds is 2. The molecule has 0 spiro atoms. The summed E-state index contributed by atoms with van der Waals surface area (Å²) in [5.41, 5.74) is 0.820. The van der Waals surface area contributed by atoms with Crippen LogP contribution in [0.15, 0.2) is 47.5 Å². The van der Waals surface area contributed by atoms with E-state index in [9.17, 15) is 9.59 Å². The number of aromatic nitrogens is 3. The third-order valence-corrected chi connectivity index (χ3v) is 4.27. The van der Waals surface area contributed by atoms with Gasteiger partial charge in [0.2, 0.25) is 5.56 Å². The summed E-state index contributed by atoms with van der Waals surface area (Å²) in [6.07, 6.45) is 5.40. The minimum Gasteiger partial charge on any atom is -0.347 e. The number of imidazole rings is 1. The highest BCUT2D eigenvalue weighted by molar-refractivity contribution is 6.06. The standard InChI is InChI=1S/C17H16N4O2/c22-16-9-13(12-3-1-2-4-14(12)20-16)17(23)19-11-5-6-15-18-7-8-21(15)10-11/h1-4,7-9,11H,5-6,10H2,(H,19,23)(H,20,22)/t11-/m0/s1. The molecular formula is C17H16N4O2. The second-order valence-corrected chi connectivity index (χ2v) is 5.80. The maximum absolute atomic E-state index is 12.6. The summed E-state index contributed by atoms with van der Waals surface area (Å²) in [7, 11) is 0. The van der Waals surface area contributed by atoms with Gasteiger partial charge in [-0.3, -0.25) is 9.59 Å². The first-order valence-corrected chi connectivity index (χ1v) is 7.63.